The quantitative estimate of drug-likeness (QED) is 0.429. The number of benzene rings is 1. The third kappa shape index (κ3) is 3.67. The van der Waals surface area contributed by atoms with Crippen molar-refractivity contribution in [2.45, 2.75) is 37.4 Å². The van der Waals surface area contributed by atoms with Gasteiger partial charge in [-0.05, 0) is 12.5 Å². The molecular weight excluding hydrogens is 356 g/mol. The van der Waals surface area contributed by atoms with E-state index < -0.39 is 49.1 Å². The smallest absolute Gasteiger partial charge is 0.338 e. The molecule has 9 heteroatoms. The van der Waals surface area contributed by atoms with E-state index in [0.29, 0.717) is 5.56 Å². The monoisotopic (exact) mass is 378 g/mol. The standard InChI is InChI=1S/C18H22N2O7/c1-2-26-17(24)11-12(9-6-4-3-5-7-9)19-18(25)20-13(11)16-15(23)14(22)10(8-21)27-16/h3-7,10,12,14-16,21-23H,2,8H2,1H3,(H2,19,20,25)/t10-,12?,14-,15-,16+/m1/s1. The summed E-state index contributed by atoms with van der Waals surface area (Å²) in [6.45, 7) is 1.24. The van der Waals surface area contributed by atoms with E-state index in [2.05, 4.69) is 10.6 Å². The van der Waals surface area contributed by atoms with Crippen LogP contribution in [0, 0.1) is 0 Å². The van der Waals surface area contributed by atoms with Crippen LogP contribution in [0.3, 0.4) is 0 Å². The molecule has 0 saturated carbocycles. The molecule has 1 aromatic carbocycles. The van der Waals surface area contributed by atoms with E-state index in [-0.39, 0.29) is 17.9 Å². The van der Waals surface area contributed by atoms with Gasteiger partial charge in [-0.2, -0.15) is 0 Å². The van der Waals surface area contributed by atoms with Crippen molar-refractivity contribution >= 4 is 12.0 Å². The maximum atomic E-state index is 12.7. The molecule has 0 aliphatic carbocycles. The number of esters is 1. The topological polar surface area (TPSA) is 137 Å². The van der Waals surface area contributed by atoms with E-state index in [9.17, 15) is 24.9 Å². The van der Waals surface area contributed by atoms with Crippen LogP contribution in [-0.2, 0) is 14.3 Å². The minimum Gasteiger partial charge on any atom is -0.463 e. The summed E-state index contributed by atoms with van der Waals surface area (Å²) in [6, 6.07) is 7.39. The van der Waals surface area contributed by atoms with E-state index in [1.165, 1.54) is 0 Å². The molecule has 1 fully saturated rings. The maximum Gasteiger partial charge on any atom is 0.338 e. The molecule has 5 atom stereocenters. The number of ether oxygens (including phenoxy) is 2. The van der Waals surface area contributed by atoms with Crippen LogP contribution >= 0.6 is 0 Å². The van der Waals surface area contributed by atoms with Gasteiger partial charge < -0.3 is 35.4 Å². The van der Waals surface area contributed by atoms with Crippen LogP contribution in [0.1, 0.15) is 18.5 Å². The molecule has 1 unspecified atom stereocenters. The largest absolute Gasteiger partial charge is 0.463 e. The second kappa shape index (κ2) is 8.05. The highest BCUT2D eigenvalue weighted by atomic mass is 16.6. The maximum absolute atomic E-state index is 12.7. The van der Waals surface area contributed by atoms with E-state index in [0.717, 1.165) is 0 Å². The molecule has 0 bridgehead atoms. The van der Waals surface area contributed by atoms with Gasteiger partial charge in [0.05, 0.1) is 30.5 Å². The zero-order valence-corrected chi connectivity index (χ0v) is 14.7. The van der Waals surface area contributed by atoms with Gasteiger partial charge in [-0.15, -0.1) is 0 Å². The average Bonchev–Trinajstić information content (AvgIpc) is 2.96. The SMILES string of the molecule is CCOC(=O)C1=C([C@@H]2O[C@H](CO)[C@@H](O)[C@H]2O)NC(=O)NC1c1ccccc1. The van der Waals surface area contributed by atoms with Gasteiger partial charge in [0.1, 0.15) is 24.4 Å². The Morgan fingerprint density at radius 3 is 2.52 bits per heavy atom. The van der Waals surface area contributed by atoms with Crippen molar-refractivity contribution < 1.29 is 34.4 Å². The predicted octanol–water partition coefficient (Wildman–Crippen LogP) is -0.661. The summed E-state index contributed by atoms with van der Waals surface area (Å²) in [4.78, 5) is 24.9. The van der Waals surface area contributed by atoms with Gasteiger partial charge in [-0.25, -0.2) is 9.59 Å². The number of amides is 2. The fraction of sp³-hybridized carbons (Fsp3) is 0.444. The van der Waals surface area contributed by atoms with Crippen LogP contribution in [-0.4, -0.2) is 64.9 Å². The Bertz CT molecular complexity index is 736. The van der Waals surface area contributed by atoms with Gasteiger partial charge in [-0.1, -0.05) is 30.3 Å². The van der Waals surface area contributed by atoms with Gasteiger partial charge in [0.25, 0.3) is 0 Å². The van der Waals surface area contributed by atoms with Crippen molar-refractivity contribution in [3.05, 3.63) is 47.2 Å². The normalized spacial score (nSPS) is 30.7. The van der Waals surface area contributed by atoms with Gasteiger partial charge in [0.15, 0.2) is 0 Å². The number of aliphatic hydroxyl groups excluding tert-OH is 3. The van der Waals surface area contributed by atoms with E-state index in [4.69, 9.17) is 9.47 Å². The zero-order valence-electron chi connectivity index (χ0n) is 14.7. The summed E-state index contributed by atoms with van der Waals surface area (Å²) >= 11 is 0. The van der Waals surface area contributed by atoms with Crippen molar-refractivity contribution in [2.75, 3.05) is 13.2 Å². The molecule has 2 aliphatic heterocycles. The Hall–Kier alpha value is -2.46. The molecular formula is C18H22N2O7. The third-order valence-corrected chi connectivity index (χ3v) is 4.56. The molecule has 5 N–H and O–H groups in total. The van der Waals surface area contributed by atoms with E-state index >= 15 is 0 Å². The van der Waals surface area contributed by atoms with Gasteiger partial charge in [0.2, 0.25) is 0 Å². The molecule has 2 amide bonds. The van der Waals surface area contributed by atoms with Crippen molar-refractivity contribution in [3.63, 3.8) is 0 Å². The summed E-state index contributed by atoms with van der Waals surface area (Å²) in [5.41, 5.74) is 0.714. The molecule has 0 radical (unpaired) electrons. The van der Waals surface area contributed by atoms with Crippen LogP contribution in [0.4, 0.5) is 4.79 Å². The number of hydrogen-bond acceptors (Lipinski definition) is 7. The molecule has 2 aliphatic rings. The lowest BCUT2D eigenvalue weighted by atomic mass is 9.92. The first kappa shape index (κ1) is 19.3. The first-order valence-corrected chi connectivity index (χ1v) is 8.64. The van der Waals surface area contributed by atoms with Crippen molar-refractivity contribution in [2.24, 2.45) is 0 Å². The van der Waals surface area contributed by atoms with Crippen molar-refractivity contribution in [1.82, 2.24) is 10.6 Å². The van der Waals surface area contributed by atoms with Gasteiger partial charge >= 0.3 is 12.0 Å². The number of nitrogens with one attached hydrogen (secondary N) is 2. The summed E-state index contributed by atoms with van der Waals surface area (Å²) in [5.74, 6) is -0.688. The minimum absolute atomic E-state index is 0.00792. The second-order valence-electron chi connectivity index (χ2n) is 6.25. The lowest BCUT2D eigenvalue weighted by molar-refractivity contribution is -0.139. The van der Waals surface area contributed by atoms with E-state index in [1.807, 2.05) is 0 Å². The number of carbonyl (C=O) groups excluding carboxylic acids is 2. The van der Waals surface area contributed by atoms with Crippen LogP contribution in [0.2, 0.25) is 0 Å². The second-order valence-corrected chi connectivity index (χ2v) is 6.25. The highest BCUT2D eigenvalue weighted by molar-refractivity contribution is 5.95. The molecule has 3 rings (SSSR count). The number of aliphatic hydroxyl groups is 3. The summed E-state index contributed by atoms with van der Waals surface area (Å²) < 4.78 is 10.6. The third-order valence-electron chi connectivity index (χ3n) is 4.56. The van der Waals surface area contributed by atoms with Crippen LogP contribution in [0.15, 0.2) is 41.6 Å². The Labute approximate surface area is 155 Å². The van der Waals surface area contributed by atoms with Gasteiger partial charge in [-0.3, -0.25) is 0 Å². The van der Waals surface area contributed by atoms with Crippen LogP contribution < -0.4 is 10.6 Å². The molecule has 2 heterocycles. The summed E-state index contributed by atoms with van der Waals surface area (Å²) in [7, 11) is 0. The molecule has 1 aromatic rings. The Balaban J connectivity index is 2.09. The first-order chi connectivity index (χ1) is 13.0. The van der Waals surface area contributed by atoms with E-state index in [1.54, 1.807) is 37.3 Å². The van der Waals surface area contributed by atoms with Crippen molar-refractivity contribution in [3.8, 4) is 0 Å². The highest BCUT2D eigenvalue weighted by Crippen LogP contribution is 2.34. The number of rotatable bonds is 5. The zero-order chi connectivity index (χ0) is 19.6. The number of hydrogen-bond donors (Lipinski definition) is 5. The molecule has 146 valence electrons. The minimum atomic E-state index is -1.43. The van der Waals surface area contributed by atoms with Gasteiger partial charge in [0, 0.05) is 0 Å². The molecule has 0 aromatic heterocycles. The lowest BCUT2D eigenvalue weighted by Gasteiger charge is -2.32. The Morgan fingerprint density at radius 1 is 1.22 bits per heavy atom. The Morgan fingerprint density at radius 2 is 1.93 bits per heavy atom. The number of carbonyl (C=O) groups is 2. The number of urea groups is 1. The molecule has 27 heavy (non-hydrogen) atoms. The molecule has 0 spiro atoms. The Kier molecular flexibility index (Phi) is 5.76. The fourth-order valence-corrected chi connectivity index (χ4v) is 3.28. The molecule has 1 saturated heterocycles. The van der Waals surface area contributed by atoms with Crippen LogP contribution in [0.25, 0.3) is 0 Å². The summed E-state index contributed by atoms with van der Waals surface area (Å²) in [5, 5.41) is 34.8. The van der Waals surface area contributed by atoms with Crippen LogP contribution in [0.5, 0.6) is 0 Å². The highest BCUT2D eigenvalue weighted by Gasteiger charge is 2.48. The van der Waals surface area contributed by atoms with Crippen molar-refractivity contribution in [1.29, 1.82) is 0 Å². The average molecular weight is 378 g/mol. The summed E-state index contributed by atoms with van der Waals surface area (Å²) in [6.07, 6.45) is -5.04. The molecule has 9 nitrogen and oxygen atoms in total. The first-order valence-electron chi connectivity index (χ1n) is 8.64. The lowest BCUT2D eigenvalue weighted by Crippen LogP contribution is -2.50. The predicted molar refractivity (Wildman–Crippen MR) is 92.3 cm³/mol. The fourth-order valence-electron chi connectivity index (χ4n) is 3.28.